The topological polar surface area (TPSA) is 43.1 Å². The molecule has 0 fully saturated rings. The van der Waals surface area contributed by atoms with Crippen molar-refractivity contribution in [2.45, 2.75) is 72.1 Å². The van der Waals surface area contributed by atoms with Crippen molar-refractivity contribution in [1.29, 1.82) is 0 Å². The third-order valence-electron chi connectivity index (χ3n) is 3.82. The zero-order valence-electron chi connectivity index (χ0n) is 13.6. The number of rotatable bonds is 7. The molecule has 1 amide bonds. The van der Waals surface area contributed by atoms with Gasteiger partial charge in [0.1, 0.15) is 0 Å². The Labute approximate surface area is 123 Å². The van der Waals surface area contributed by atoms with Gasteiger partial charge in [0.05, 0.1) is 0 Å². The number of aryl methyl sites for hydroxylation is 1. The van der Waals surface area contributed by atoms with Crippen LogP contribution in [0.5, 0.6) is 0 Å². The largest absolute Gasteiger partial charge is 0.366 e. The maximum absolute atomic E-state index is 11.8. The van der Waals surface area contributed by atoms with Crippen LogP contribution in [0.15, 0.2) is 12.1 Å². The molecular weight excluding hydrogens is 246 g/mol. The van der Waals surface area contributed by atoms with Gasteiger partial charge in [-0.05, 0) is 41.4 Å². The summed E-state index contributed by atoms with van der Waals surface area (Å²) in [5, 5.41) is 0. The zero-order valence-corrected chi connectivity index (χ0v) is 13.6. The number of benzene rings is 1. The van der Waals surface area contributed by atoms with Crippen LogP contribution in [0.2, 0.25) is 0 Å². The summed E-state index contributed by atoms with van der Waals surface area (Å²) in [6, 6.07) is 4.37. The number of nitrogens with two attached hydrogens (primary N) is 1. The van der Waals surface area contributed by atoms with Gasteiger partial charge in [0.25, 0.3) is 0 Å². The summed E-state index contributed by atoms with van der Waals surface area (Å²) in [7, 11) is 0. The number of amides is 1. The second-order valence-corrected chi connectivity index (χ2v) is 6.28. The molecule has 0 aliphatic rings. The number of hydrogen-bond acceptors (Lipinski definition) is 1. The Hall–Kier alpha value is -1.31. The molecule has 2 N–H and O–H groups in total. The van der Waals surface area contributed by atoms with Crippen LogP contribution in [-0.4, -0.2) is 5.91 Å². The van der Waals surface area contributed by atoms with E-state index in [0.29, 0.717) is 11.8 Å². The normalized spacial score (nSPS) is 11.3. The summed E-state index contributed by atoms with van der Waals surface area (Å²) < 4.78 is 0. The first-order valence-corrected chi connectivity index (χ1v) is 7.84. The monoisotopic (exact) mass is 275 g/mol. The number of unbranched alkanes of at least 4 members (excludes halogenated alkanes) is 2. The lowest BCUT2D eigenvalue weighted by molar-refractivity contribution is 0.0998. The molecule has 2 heteroatoms. The van der Waals surface area contributed by atoms with Crippen molar-refractivity contribution in [3.63, 3.8) is 0 Å². The minimum Gasteiger partial charge on any atom is -0.366 e. The van der Waals surface area contributed by atoms with Gasteiger partial charge in [-0.25, -0.2) is 0 Å². The molecule has 0 saturated heterocycles. The van der Waals surface area contributed by atoms with Crippen LogP contribution in [0.4, 0.5) is 0 Å². The standard InChI is InChI=1S/C18H29NO/c1-6-7-8-9-14-10-15(12(2)3)17(18(19)20)16(11-14)13(4)5/h10-13H,6-9H2,1-5H3,(H2,19,20). The van der Waals surface area contributed by atoms with E-state index in [2.05, 4.69) is 46.8 Å². The summed E-state index contributed by atoms with van der Waals surface area (Å²) in [4.78, 5) is 11.8. The first-order valence-electron chi connectivity index (χ1n) is 7.84. The Morgan fingerprint density at radius 3 is 1.90 bits per heavy atom. The number of primary amides is 1. The van der Waals surface area contributed by atoms with Crippen LogP contribution < -0.4 is 5.73 Å². The van der Waals surface area contributed by atoms with Crippen LogP contribution >= 0.6 is 0 Å². The average Bonchev–Trinajstić information content (AvgIpc) is 2.37. The molecule has 0 radical (unpaired) electrons. The maximum atomic E-state index is 11.8. The van der Waals surface area contributed by atoms with Crippen molar-refractivity contribution in [3.05, 3.63) is 34.4 Å². The predicted molar refractivity (Wildman–Crippen MR) is 86.4 cm³/mol. The summed E-state index contributed by atoms with van der Waals surface area (Å²) in [5.41, 5.74) is 9.93. The van der Waals surface area contributed by atoms with E-state index in [0.717, 1.165) is 23.1 Å². The number of hydrogen-bond donors (Lipinski definition) is 1. The van der Waals surface area contributed by atoms with Gasteiger partial charge in [-0.15, -0.1) is 0 Å². The molecule has 1 aromatic carbocycles. The molecule has 112 valence electrons. The Bertz CT molecular complexity index is 431. The highest BCUT2D eigenvalue weighted by Crippen LogP contribution is 2.29. The van der Waals surface area contributed by atoms with E-state index in [9.17, 15) is 4.79 Å². The second-order valence-electron chi connectivity index (χ2n) is 6.28. The molecule has 1 aromatic rings. The molecule has 0 heterocycles. The van der Waals surface area contributed by atoms with Gasteiger partial charge in [0.15, 0.2) is 0 Å². The van der Waals surface area contributed by atoms with Crippen molar-refractivity contribution in [2.24, 2.45) is 5.73 Å². The van der Waals surface area contributed by atoms with Gasteiger partial charge in [0.2, 0.25) is 5.91 Å². The maximum Gasteiger partial charge on any atom is 0.249 e. The quantitative estimate of drug-likeness (QED) is 0.716. The van der Waals surface area contributed by atoms with Gasteiger partial charge in [0, 0.05) is 5.56 Å². The fraction of sp³-hybridized carbons (Fsp3) is 0.611. The fourth-order valence-electron chi connectivity index (χ4n) is 2.67. The van der Waals surface area contributed by atoms with E-state index in [1.807, 2.05) is 0 Å². The smallest absolute Gasteiger partial charge is 0.249 e. The summed E-state index contributed by atoms with van der Waals surface area (Å²) in [6.07, 6.45) is 4.78. The number of carbonyl (C=O) groups is 1. The van der Waals surface area contributed by atoms with E-state index in [1.165, 1.54) is 24.8 Å². The summed E-state index contributed by atoms with van der Waals surface area (Å²) >= 11 is 0. The van der Waals surface area contributed by atoms with Gasteiger partial charge < -0.3 is 5.73 Å². The molecule has 0 aliphatic heterocycles. The van der Waals surface area contributed by atoms with Crippen molar-refractivity contribution < 1.29 is 4.79 Å². The lowest BCUT2D eigenvalue weighted by Crippen LogP contribution is -2.18. The van der Waals surface area contributed by atoms with Crippen molar-refractivity contribution in [3.8, 4) is 0 Å². The van der Waals surface area contributed by atoms with Gasteiger partial charge >= 0.3 is 0 Å². The molecule has 1 rings (SSSR count). The van der Waals surface area contributed by atoms with E-state index in [4.69, 9.17) is 5.73 Å². The minimum atomic E-state index is -0.294. The average molecular weight is 275 g/mol. The van der Waals surface area contributed by atoms with Crippen molar-refractivity contribution in [1.82, 2.24) is 0 Å². The molecule has 0 spiro atoms. The molecule has 0 bridgehead atoms. The SMILES string of the molecule is CCCCCc1cc(C(C)C)c(C(N)=O)c(C(C)C)c1. The highest BCUT2D eigenvalue weighted by atomic mass is 16.1. The lowest BCUT2D eigenvalue weighted by atomic mass is 9.85. The van der Waals surface area contributed by atoms with Crippen LogP contribution in [0.25, 0.3) is 0 Å². The molecule has 2 nitrogen and oxygen atoms in total. The predicted octanol–water partition coefficient (Wildman–Crippen LogP) is 4.77. The van der Waals surface area contributed by atoms with E-state index in [-0.39, 0.29) is 5.91 Å². The van der Waals surface area contributed by atoms with Gasteiger partial charge in [-0.3, -0.25) is 4.79 Å². The first kappa shape index (κ1) is 16.7. The Morgan fingerprint density at radius 2 is 1.55 bits per heavy atom. The van der Waals surface area contributed by atoms with Crippen LogP contribution in [-0.2, 0) is 6.42 Å². The van der Waals surface area contributed by atoms with Gasteiger partial charge in [-0.2, -0.15) is 0 Å². The van der Waals surface area contributed by atoms with Crippen molar-refractivity contribution in [2.75, 3.05) is 0 Å². The fourth-order valence-corrected chi connectivity index (χ4v) is 2.67. The van der Waals surface area contributed by atoms with E-state index < -0.39 is 0 Å². The highest BCUT2D eigenvalue weighted by Gasteiger charge is 2.19. The Balaban J connectivity index is 3.27. The Kier molecular flexibility index (Phi) is 6.25. The van der Waals surface area contributed by atoms with Gasteiger partial charge in [-0.1, -0.05) is 59.6 Å². The van der Waals surface area contributed by atoms with E-state index >= 15 is 0 Å². The minimum absolute atomic E-state index is 0.294. The molecular formula is C18H29NO. The molecule has 0 saturated carbocycles. The second kappa shape index (κ2) is 7.47. The Morgan fingerprint density at radius 1 is 1.05 bits per heavy atom. The molecule has 0 aliphatic carbocycles. The molecule has 0 unspecified atom stereocenters. The molecule has 0 atom stereocenters. The van der Waals surface area contributed by atoms with Crippen molar-refractivity contribution >= 4 is 5.91 Å². The third-order valence-corrected chi connectivity index (χ3v) is 3.82. The number of carbonyl (C=O) groups excluding carboxylic acids is 1. The van der Waals surface area contributed by atoms with Crippen LogP contribution in [0.1, 0.15) is 92.8 Å². The highest BCUT2D eigenvalue weighted by molar-refractivity contribution is 5.96. The zero-order chi connectivity index (χ0) is 15.3. The lowest BCUT2D eigenvalue weighted by Gasteiger charge is -2.19. The van der Waals surface area contributed by atoms with Crippen LogP contribution in [0.3, 0.4) is 0 Å². The molecule has 0 aromatic heterocycles. The van der Waals surface area contributed by atoms with E-state index in [1.54, 1.807) is 0 Å². The van der Waals surface area contributed by atoms with Crippen LogP contribution in [0, 0.1) is 0 Å². The summed E-state index contributed by atoms with van der Waals surface area (Å²) in [6.45, 7) is 10.7. The summed E-state index contributed by atoms with van der Waals surface area (Å²) in [5.74, 6) is 0.347. The molecule has 20 heavy (non-hydrogen) atoms. The first-order chi connectivity index (χ1) is 9.38. The third kappa shape index (κ3) is 4.09.